The predicted octanol–water partition coefficient (Wildman–Crippen LogP) is 0.920. The van der Waals surface area contributed by atoms with Gasteiger partial charge in [0.25, 0.3) is 5.91 Å². The molecule has 1 aliphatic rings. The van der Waals surface area contributed by atoms with E-state index in [4.69, 9.17) is 0 Å². The molecule has 3 rings (SSSR count). The summed E-state index contributed by atoms with van der Waals surface area (Å²) < 4.78 is 40.7. The summed E-state index contributed by atoms with van der Waals surface area (Å²) in [7, 11) is 1.91. The van der Waals surface area contributed by atoms with Crippen molar-refractivity contribution >= 4 is 23.5 Å². The number of carbonyl (C=O) groups is 1. The number of benzene rings is 1. The van der Waals surface area contributed by atoms with Gasteiger partial charge in [0.1, 0.15) is 7.05 Å². The molecular formula is C22H21F3KN5O. The molecule has 1 aromatic heterocycles. The first-order valence-corrected chi connectivity index (χ1v) is 9.41. The maximum atomic E-state index is 12.9. The maximum absolute atomic E-state index is 12.9. The number of hydrogen-bond acceptors (Lipinski definition) is 4. The van der Waals surface area contributed by atoms with Gasteiger partial charge in [-0.15, -0.1) is 6.20 Å². The van der Waals surface area contributed by atoms with E-state index in [1.165, 1.54) is 13.1 Å². The van der Waals surface area contributed by atoms with Crippen LogP contribution in [0, 0.1) is 19.7 Å². The van der Waals surface area contributed by atoms with Gasteiger partial charge in [0.2, 0.25) is 0 Å². The molecule has 1 unspecified atom stereocenters. The average Bonchev–Trinajstić information content (AvgIpc) is 2.69. The number of amides is 1. The zero-order valence-corrected chi connectivity index (χ0v) is 21.3. The number of rotatable bonds is 6. The van der Waals surface area contributed by atoms with Crippen LogP contribution in [0.25, 0.3) is 0 Å². The van der Waals surface area contributed by atoms with Crippen LogP contribution in [0.2, 0.25) is 0 Å². The molecule has 2 N–H and O–H groups in total. The Hall–Kier alpha value is -1.98. The summed E-state index contributed by atoms with van der Waals surface area (Å²) in [5.74, 6) is -0.658. The second-order valence-corrected chi connectivity index (χ2v) is 7.05. The molecule has 0 saturated carbocycles. The molecular weight excluding hydrogens is 446 g/mol. The first-order valence-electron chi connectivity index (χ1n) is 9.41. The Balaban J connectivity index is 0.00000363. The molecule has 1 aromatic carbocycles. The third kappa shape index (κ3) is 7.01. The van der Waals surface area contributed by atoms with Crippen molar-refractivity contribution in [3.63, 3.8) is 0 Å². The summed E-state index contributed by atoms with van der Waals surface area (Å²) >= 11 is 0. The second kappa shape index (κ2) is 11.2. The number of aromatic nitrogens is 1. The fourth-order valence-electron chi connectivity index (χ4n) is 2.83. The van der Waals surface area contributed by atoms with Crippen LogP contribution in [0.4, 0.5) is 18.9 Å². The van der Waals surface area contributed by atoms with Gasteiger partial charge in [-0.05, 0) is 37.6 Å². The molecule has 0 bridgehead atoms. The molecule has 0 spiro atoms. The molecule has 1 atom stereocenters. The standard InChI is InChI=1S/C22H21F3N5O.K/c1-14(26-7-8-27-19-12-30(3)13-19)16-5-4-6-18(9-16)29-21(31)20-10-17(22(23,24)25)11-28-15(20)2;/h4-6,8-14,26H,1-3H3,(H,29,31);/q-1;+1. The number of carbonyl (C=O) groups excluding carboxylic acids is 1. The van der Waals surface area contributed by atoms with Crippen LogP contribution in [0.5, 0.6) is 0 Å². The quantitative estimate of drug-likeness (QED) is 0.287. The Morgan fingerprint density at radius 3 is 2.72 bits per heavy atom. The number of aliphatic imine (C=N–C) groups is 1. The summed E-state index contributed by atoms with van der Waals surface area (Å²) in [6.07, 6.45) is 2.43. The summed E-state index contributed by atoms with van der Waals surface area (Å²) in [6.45, 7) is 5.26. The summed E-state index contributed by atoms with van der Waals surface area (Å²) in [6, 6.07) is 7.68. The topological polar surface area (TPSA) is 69.4 Å². The number of aryl methyl sites for hydroxylation is 1. The molecule has 0 fully saturated rings. The van der Waals surface area contributed by atoms with Gasteiger partial charge in [0, 0.05) is 17.9 Å². The van der Waals surface area contributed by atoms with E-state index in [1.807, 2.05) is 37.4 Å². The van der Waals surface area contributed by atoms with E-state index in [0.717, 1.165) is 17.3 Å². The number of hydrogen-bond donors (Lipinski definition) is 2. The van der Waals surface area contributed by atoms with Crippen molar-refractivity contribution in [2.45, 2.75) is 26.1 Å². The maximum Gasteiger partial charge on any atom is 1.00 e. The van der Waals surface area contributed by atoms with Crippen LogP contribution in [-0.2, 0) is 6.18 Å². The van der Waals surface area contributed by atoms with E-state index in [2.05, 4.69) is 26.8 Å². The molecule has 6 nitrogen and oxygen atoms in total. The molecule has 0 radical (unpaired) electrons. The average molecular weight is 468 g/mol. The monoisotopic (exact) mass is 467 g/mol. The van der Waals surface area contributed by atoms with Gasteiger partial charge in [0.05, 0.1) is 35.3 Å². The molecule has 2 aromatic rings. The largest absolute Gasteiger partial charge is 1.00 e. The molecule has 2 heterocycles. The first-order chi connectivity index (χ1) is 14.6. The number of nitrogens with one attached hydrogen (secondary N) is 2. The molecule has 1 amide bonds. The molecule has 1 aliphatic heterocycles. The van der Waals surface area contributed by atoms with E-state index in [9.17, 15) is 18.0 Å². The Morgan fingerprint density at radius 1 is 1.34 bits per heavy atom. The van der Waals surface area contributed by atoms with E-state index < -0.39 is 17.6 Å². The number of anilines is 1. The van der Waals surface area contributed by atoms with Crippen LogP contribution in [0.15, 0.2) is 47.7 Å². The summed E-state index contributed by atoms with van der Waals surface area (Å²) in [5.41, 5.74) is 1.27. The zero-order chi connectivity index (χ0) is 22.6. The van der Waals surface area contributed by atoms with Gasteiger partial charge in [-0.1, -0.05) is 12.1 Å². The normalized spacial score (nSPS) is 15.3. The summed E-state index contributed by atoms with van der Waals surface area (Å²) in [4.78, 5) is 20.4. The third-order valence-electron chi connectivity index (χ3n) is 4.55. The van der Waals surface area contributed by atoms with E-state index >= 15 is 0 Å². The minimum atomic E-state index is -4.57. The van der Waals surface area contributed by atoms with Gasteiger partial charge in [-0.3, -0.25) is 9.78 Å². The van der Waals surface area contributed by atoms with Crippen LogP contribution in [0.3, 0.4) is 0 Å². The Morgan fingerprint density at radius 2 is 2.06 bits per heavy atom. The van der Waals surface area contributed by atoms with Crippen molar-refractivity contribution in [1.82, 2.24) is 10.3 Å². The fraction of sp³-hybridized carbons (Fsp3) is 0.227. The Labute approximate surface area is 227 Å². The molecule has 162 valence electrons. The first kappa shape index (κ1) is 26.3. The SMILES string of the molecule is Cc1ncc(C(F)(F)F)cc1C(=O)Nc1cccc(C(C)N[C-]=CN=C2C=[N+](C)[CH-]2)c1.[K+]. The minimum absolute atomic E-state index is 0. The fourth-order valence-corrected chi connectivity index (χ4v) is 2.83. The molecule has 10 heteroatoms. The van der Waals surface area contributed by atoms with Crippen molar-refractivity contribution in [2.24, 2.45) is 4.99 Å². The number of halogens is 3. The van der Waals surface area contributed by atoms with Crippen LogP contribution in [-0.4, -0.2) is 34.4 Å². The van der Waals surface area contributed by atoms with E-state index in [0.29, 0.717) is 11.9 Å². The summed E-state index contributed by atoms with van der Waals surface area (Å²) in [5, 5.41) is 5.69. The molecule has 32 heavy (non-hydrogen) atoms. The van der Waals surface area contributed by atoms with Gasteiger partial charge in [-0.2, -0.15) is 13.2 Å². The van der Waals surface area contributed by atoms with Crippen molar-refractivity contribution < 1.29 is 73.9 Å². The number of alkyl halides is 3. The minimum Gasteiger partial charge on any atom is -0.560 e. The van der Waals surface area contributed by atoms with Crippen molar-refractivity contribution in [2.75, 3.05) is 12.4 Å². The van der Waals surface area contributed by atoms with Crippen LogP contribution < -0.4 is 62.0 Å². The Bertz CT molecular complexity index is 1080. The van der Waals surface area contributed by atoms with Gasteiger partial charge in [0.15, 0.2) is 0 Å². The van der Waals surface area contributed by atoms with Crippen molar-refractivity contribution in [3.8, 4) is 0 Å². The smallest absolute Gasteiger partial charge is 0.560 e. The van der Waals surface area contributed by atoms with Crippen molar-refractivity contribution in [1.29, 1.82) is 0 Å². The predicted molar refractivity (Wildman–Crippen MR) is 112 cm³/mol. The van der Waals surface area contributed by atoms with Gasteiger partial charge in [-0.25, -0.2) is 0 Å². The molecule has 0 saturated heterocycles. The molecule has 0 aliphatic carbocycles. The zero-order valence-electron chi connectivity index (χ0n) is 18.2. The van der Waals surface area contributed by atoms with Crippen LogP contribution in [0.1, 0.15) is 40.1 Å². The second-order valence-electron chi connectivity index (χ2n) is 7.05. The van der Waals surface area contributed by atoms with E-state index in [1.54, 1.807) is 18.2 Å². The van der Waals surface area contributed by atoms with Crippen LogP contribution >= 0.6 is 0 Å². The Kier molecular flexibility index (Phi) is 9.23. The number of nitrogens with zero attached hydrogens (tertiary/aromatic N) is 3. The van der Waals surface area contributed by atoms with E-state index in [-0.39, 0.29) is 68.7 Å². The van der Waals surface area contributed by atoms with Gasteiger partial charge >= 0.3 is 57.6 Å². The van der Waals surface area contributed by atoms with Crippen molar-refractivity contribution in [3.05, 3.63) is 77.9 Å². The van der Waals surface area contributed by atoms with Gasteiger partial charge < -0.3 is 26.4 Å². The number of pyridine rings is 1. The third-order valence-corrected chi connectivity index (χ3v) is 4.55.